The van der Waals surface area contributed by atoms with Gasteiger partial charge in [0.15, 0.2) is 0 Å². The summed E-state index contributed by atoms with van der Waals surface area (Å²) >= 11 is 18.8. The van der Waals surface area contributed by atoms with E-state index in [1.165, 1.54) is 23.1 Å². The average molecular weight is 639 g/mol. The molecule has 0 fully saturated rings. The minimum Gasteiger partial charge on any atom is -0.352 e. The molecule has 0 bridgehead atoms. The number of sulfonamides is 1. The second-order valence-electron chi connectivity index (χ2n) is 9.80. The SMILES string of the molecule is CC[C@@H](C)NC(=O)[C@H](CC)N(Cc1ccc(Cl)cc1Cl)C(=O)CN(c1cccc(Cl)c1)S(=O)(=O)c1ccc(C)cc1. The number of carbonyl (C=O) groups excluding carboxylic acids is 2. The van der Waals surface area contributed by atoms with Gasteiger partial charge in [0.25, 0.3) is 10.0 Å². The topological polar surface area (TPSA) is 86.8 Å². The number of rotatable bonds is 12. The van der Waals surface area contributed by atoms with Gasteiger partial charge in [0.05, 0.1) is 10.6 Å². The van der Waals surface area contributed by atoms with Gasteiger partial charge in [-0.3, -0.25) is 13.9 Å². The number of benzene rings is 3. The molecule has 1 N–H and O–H groups in total. The van der Waals surface area contributed by atoms with Gasteiger partial charge in [-0.15, -0.1) is 0 Å². The number of anilines is 1. The molecule has 3 aromatic rings. The van der Waals surface area contributed by atoms with Crippen LogP contribution in [0.4, 0.5) is 5.69 Å². The maximum absolute atomic E-state index is 14.1. The summed E-state index contributed by atoms with van der Waals surface area (Å²) in [6, 6.07) is 16.5. The van der Waals surface area contributed by atoms with Crippen LogP contribution in [-0.2, 0) is 26.2 Å². The second-order valence-corrected chi connectivity index (χ2v) is 12.9. The third-order valence-electron chi connectivity index (χ3n) is 6.73. The van der Waals surface area contributed by atoms with Crippen molar-refractivity contribution in [2.24, 2.45) is 0 Å². The van der Waals surface area contributed by atoms with E-state index in [9.17, 15) is 18.0 Å². The molecule has 0 unspecified atom stereocenters. The molecule has 7 nitrogen and oxygen atoms in total. The first-order valence-electron chi connectivity index (χ1n) is 13.3. The summed E-state index contributed by atoms with van der Waals surface area (Å²) in [5.41, 5.74) is 1.67. The lowest BCUT2D eigenvalue weighted by Crippen LogP contribution is -2.53. The van der Waals surface area contributed by atoms with Crippen molar-refractivity contribution in [1.82, 2.24) is 10.2 Å². The van der Waals surface area contributed by atoms with Crippen LogP contribution in [0.3, 0.4) is 0 Å². The van der Waals surface area contributed by atoms with Crippen LogP contribution in [0, 0.1) is 6.92 Å². The van der Waals surface area contributed by atoms with Gasteiger partial charge in [0, 0.05) is 27.7 Å². The summed E-state index contributed by atoms with van der Waals surface area (Å²) < 4.78 is 28.9. The zero-order chi connectivity index (χ0) is 30.3. The molecule has 11 heteroatoms. The minimum atomic E-state index is -4.20. The zero-order valence-electron chi connectivity index (χ0n) is 23.4. The van der Waals surface area contributed by atoms with Gasteiger partial charge in [-0.1, -0.05) is 78.5 Å². The fraction of sp³-hybridized carbons (Fsp3) is 0.333. The number of carbonyl (C=O) groups is 2. The largest absolute Gasteiger partial charge is 0.352 e. The summed E-state index contributed by atoms with van der Waals surface area (Å²) in [5, 5.41) is 4.00. The van der Waals surface area contributed by atoms with Crippen molar-refractivity contribution in [3.63, 3.8) is 0 Å². The van der Waals surface area contributed by atoms with Crippen molar-refractivity contribution in [2.45, 2.75) is 64.1 Å². The lowest BCUT2D eigenvalue weighted by molar-refractivity contribution is -0.140. The monoisotopic (exact) mass is 637 g/mol. The van der Waals surface area contributed by atoms with E-state index < -0.39 is 28.5 Å². The normalized spacial score (nSPS) is 12.9. The second kappa shape index (κ2) is 14.4. The number of nitrogens with one attached hydrogen (secondary N) is 1. The van der Waals surface area contributed by atoms with Crippen LogP contribution in [-0.4, -0.2) is 43.8 Å². The molecule has 0 spiro atoms. The van der Waals surface area contributed by atoms with Crippen LogP contribution in [0.15, 0.2) is 71.6 Å². The van der Waals surface area contributed by atoms with Gasteiger partial charge in [0.2, 0.25) is 11.8 Å². The van der Waals surface area contributed by atoms with Crippen molar-refractivity contribution in [3.8, 4) is 0 Å². The fourth-order valence-corrected chi connectivity index (χ4v) is 6.25. The summed E-state index contributed by atoms with van der Waals surface area (Å²) in [6.07, 6.45) is 0.998. The third-order valence-corrected chi connectivity index (χ3v) is 9.34. The first-order valence-corrected chi connectivity index (χ1v) is 15.8. The molecule has 2 atom stereocenters. The first-order chi connectivity index (χ1) is 19.4. The zero-order valence-corrected chi connectivity index (χ0v) is 26.5. The Kier molecular flexibility index (Phi) is 11.5. The van der Waals surface area contributed by atoms with Crippen molar-refractivity contribution in [1.29, 1.82) is 0 Å². The molecule has 0 aliphatic rings. The van der Waals surface area contributed by atoms with Crippen LogP contribution in [0.2, 0.25) is 15.1 Å². The standard InChI is InChI=1S/C30H34Cl3N3O4S/c1-5-21(4)34-30(38)28(6-2)35(18-22-12-13-24(32)17-27(22)33)29(37)19-36(25-9-7-8-23(31)16-25)41(39,40)26-14-10-20(3)11-15-26/h7-17,21,28H,5-6,18-19H2,1-4H3,(H,34,38)/t21-,28+/m1/s1. The number of nitrogens with zero attached hydrogens (tertiary/aromatic N) is 2. The van der Waals surface area contributed by atoms with Gasteiger partial charge in [-0.2, -0.15) is 0 Å². The first kappa shape index (κ1) is 32.7. The third kappa shape index (κ3) is 8.38. The molecule has 0 saturated carbocycles. The quantitative estimate of drug-likeness (QED) is 0.235. The van der Waals surface area contributed by atoms with Crippen LogP contribution in [0.25, 0.3) is 0 Å². The highest BCUT2D eigenvalue weighted by Gasteiger charge is 2.34. The van der Waals surface area contributed by atoms with E-state index in [0.29, 0.717) is 33.5 Å². The van der Waals surface area contributed by atoms with Crippen LogP contribution < -0.4 is 9.62 Å². The van der Waals surface area contributed by atoms with Crippen LogP contribution in [0.5, 0.6) is 0 Å². The summed E-state index contributed by atoms with van der Waals surface area (Å²) in [4.78, 5) is 28.9. The highest BCUT2D eigenvalue weighted by atomic mass is 35.5. The van der Waals surface area contributed by atoms with Crippen molar-refractivity contribution >= 4 is 62.3 Å². The molecule has 0 aromatic heterocycles. The molecule has 3 rings (SSSR count). The van der Waals surface area contributed by atoms with Crippen molar-refractivity contribution < 1.29 is 18.0 Å². The molecular formula is C30H34Cl3N3O4S. The lowest BCUT2D eigenvalue weighted by atomic mass is 10.1. The van der Waals surface area contributed by atoms with Crippen LogP contribution >= 0.6 is 34.8 Å². The van der Waals surface area contributed by atoms with Gasteiger partial charge in [-0.05, 0) is 74.7 Å². The number of halogens is 3. The Bertz CT molecular complexity index is 1480. The Hall–Kier alpha value is -2.78. The number of hydrogen-bond donors (Lipinski definition) is 1. The summed E-state index contributed by atoms with van der Waals surface area (Å²) in [6.45, 7) is 6.86. The smallest absolute Gasteiger partial charge is 0.264 e. The van der Waals surface area contributed by atoms with Gasteiger partial charge in [0.1, 0.15) is 12.6 Å². The Morgan fingerprint density at radius 2 is 1.56 bits per heavy atom. The highest BCUT2D eigenvalue weighted by Crippen LogP contribution is 2.28. The Morgan fingerprint density at radius 1 is 0.902 bits per heavy atom. The molecule has 0 aliphatic carbocycles. The summed E-state index contributed by atoms with van der Waals surface area (Å²) in [5.74, 6) is -0.922. The molecule has 2 amide bonds. The van der Waals surface area contributed by atoms with E-state index in [1.54, 1.807) is 55.5 Å². The molecule has 0 aliphatic heterocycles. The van der Waals surface area contributed by atoms with Gasteiger partial charge >= 0.3 is 0 Å². The molecule has 41 heavy (non-hydrogen) atoms. The van der Waals surface area contributed by atoms with Crippen LogP contribution in [0.1, 0.15) is 44.7 Å². The highest BCUT2D eigenvalue weighted by molar-refractivity contribution is 7.92. The van der Waals surface area contributed by atoms with E-state index in [-0.39, 0.29) is 29.1 Å². The number of aryl methyl sites for hydroxylation is 1. The fourth-order valence-electron chi connectivity index (χ4n) is 4.19. The number of hydrogen-bond acceptors (Lipinski definition) is 4. The Morgan fingerprint density at radius 3 is 2.15 bits per heavy atom. The molecule has 0 radical (unpaired) electrons. The van der Waals surface area contributed by atoms with E-state index >= 15 is 0 Å². The maximum Gasteiger partial charge on any atom is 0.264 e. The average Bonchev–Trinajstić information content (AvgIpc) is 2.92. The van der Waals surface area contributed by atoms with Crippen molar-refractivity contribution in [3.05, 3.63) is 92.9 Å². The van der Waals surface area contributed by atoms with Crippen molar-refractivity contribution in [2.75, 3.05) is 10.8 Å². The predicted octanol–water partition coefficient (Wildman–Crippen LogP) is 6.87. The molecule has 3 aromatic carbocycles. The Labute approximate surface area is 257 Å². The molecule has 220 valence electrons. The van der Waals surface area contributed by atoms with Gasteiger partial charge < -0.3 is 10.2 Å². The molecular weight excluding hydrogens is 605 g/mol. The van der Waals surface area contributed by atoms with E-state index in [4.69, 9.17) is 34.8 Å². The minimum absolute atomic E-state index is 0.0183. The lowest BCUT2D eigenvalue weighted by Gasteiger charge is -2.34. The summed E-state index contributed by atoms with van der Waals surface area (Å²) in [7, 11) is -4.20. The molecule has 0 heterocycles. The predicted molar refractivity (Wildman–Crippen MR) is 166 cm³/mol. The van der Waals surface area contributed by atoms with E-state index in [2.05, 4.69) is 5.32 Å². The van der Waals surface area contributed by atoms with E-state index in [0.717, 1.165) is 9.87 Å². The van der Waals surface area contributed by atoms with Gasteiger partial charge in [-0.25, -0.2) is 8.42 Å². The Balaban J connectivity index is 2.08. The maximum atomic E-state index is 14.1. The van der Waals surface area contributed by atoms with E-state index in [1.807, 2.05) is 20.8 Å². The molecule has 0 saturated heterocycles. The number of amides is 2.